The molecular weight excluding hydrogens is 246 g/mol. The highest BCUT2D eigenvalue weighted by molar-refractivity contribution is 7.08. The smallest absolute Gasteiger partial charge is 0.254 e. The minimum Gasteiger partial charge on any atom is -0.337 e. The first kappa shape index (κ1) is 13.1. The monoisotopic (exact) mass is 263 g/mol. The summed E-state index contributed by atoms with van der Waals surface area (Å²) in [4.78, 5) is 16.4. The zero-order chi connectivity index (χ0) is 12.8. The van der Waals surface area contributed by atoms with Crippen molar-refractivity contribution >= 4 is 17.2 Å². The second-order valence-corrected chi connectivity index (χ2v) is 5.19. The van der Waals surface area contributed by atoms with Crippen molar-refractivity contribution in [2.75, 3.05) is 32.7 Å². The van der Waals surface area contributed by atoms with Crippen LogP contribution in [0.25, 0.3) is 0 Å². The van der Waals surface area contributed by atoms with Gasteiger partial charge in [-0.1, -0.05) is 0 Å². The van der Waals surface area contributed by atoms with Gasteiger partial charge in [0.1, 0.15) is 0 Å². The van der Waals surface area contributed by atoms with E-state index in [1.54, 1.807) is 11.3 Å². The molecule has 1 amide bonds. The number of nitrogens with zero attached hydrogens (tertiary/aromatic N) is 3. The molecule has 96 valence electrons. The average Bonchev–Trinajstić information content (AvgIpc) is 2.82. The minimum atomic E-state index is 0.137. The molecule has 0 atom stereocenters. The maximum absolute atomic E-state index is 12.2. The second kappa shape index (κ2) is 6.53. The number of nitriles is 1. The summed E-state index contributed by atoms with van der Waals surface area (Å²) < 4.78 is 0. The van der Waals surface area contributed by atoms with Gasteiger partial charge in [0, 0.05) is 38.0 Å². The van der Waals surface area contributed by atoms with Crippen LogP contribution >= 0.6 is 11.3 Å². The van der Waals surface area contributed by atoms with Gasteiger partial charge in [0.15, 0.2) is 0 Å². The van der Waals surface area contributed by atoms with Crippen molar-refractivity contribution in [3.63, 3.8) is 0 Å². The van der Waals surface area contributed by atoms with Crippen LogP contribution in [0.4, 0.5) is 0 Å². The van der Waals surface area contributed by atoms with E-state index in [9.17, 15) is 4.79 Å². The molecule has 2 heterocycles. The average molecular weight is 263 g/mol. The predicted octanol–water partition coefficient (Wildman–Crippen LogP) is 1.81. The summed E-state index contributed by atoms with van der Waals surface area (Å²) in [6.45, 7) is 4.25. The van der Waals surface area contributed by atoms with Crippen molar-refractivity contribution < 1.29 is 4.79 Å². The predicted molar refractivity (Wildman–Crippen MR) is 71.5 cm³/mol. The van der Waals surface area contributed by atoms with E-state index in [0.717, 1.165) is 44.7 Å². The van der Waals surface area contributed by atoms with Gasteiger partial charge in [-0.3, -0.25) is 4.79 Å². The molecule has 1 saturated heterocycles. The van der Waals surface area contributed by atoms with Crippen molar-refractivity contribution in [1.29, 1.82) is 5.26 Å². The normalized spacial score (nSPS) is 17.2. The van der Waals surface area contributed by atoms with E-state index in [-0.39, 0.29) is 5.91 Å². The fraction of sp³-hybridized carbons (Fsp3) is 0.538. The SMILES string of the molecule is N#CCCN1CCCN(C(=O)c2ccsc2)CC1. The van der Waals surface area contributed by atoms with E-state index in [0.29, 0.717) is 6.42 Å². The number of carbonyl (C=O) groups excluding carboxylic acids is 1. The fourth-order valence-electron chi connectivity index (χ4n) is 2.17. The van der Waals surface area contributed by atoms with Gasteiger partial charge in [-0.25, -0.2) is 0 Å². The van der Waals surface area contributed by atoms with Gasteiger partial charge >= 0.3 is 0 Å². The number of hydrogen-bond acceptors (Lipinski definition) is 4. The van der Waals surface area contributed by atoms with Gasteiger partial charge in [0.2, 0.25) is 0 Å². The van der Waals surface area contributed by atoms with Crippen LogP contribution in [0.3, 0.4) is 0 Å². The Kier molecular flexibility index (Phi) is 4.73. The van der Waals surface area contributed by atoms with Crippen LogP contribution in [0.1, 0.15) is 23.2 Å². The molecule has 0 bridgehead atoms. The van der Waals surface area contributed by atoms with Crippen LogP contribution in [0.2, 0.25) is 0 Å². The number of carbonyl (C=O) groups is 1. The van der Waals surface area contributed by atoms with E-state index in [2.05, 4.69) is 11.0 Å². The molecule has 1 aromatic heterocycles. The molecule has 4 nitrogen and oxygen atoms in total. The van der Waals surface area contributed by atoms with Crippen LogP contribution in [0.15, 0.2) is 16.8 Å². The van der Waals surface area contributed by atoms with Crippen LogP contribution in [0.5, 0.6) is 0 Å². The maximum Gasteiger partial charge on any atom is 0.254 e. The van der Waals surface area contributed by atoms with E-state index < -0.39 is 0 Å². The van der Waals surface area contributed by atoms with E-state index in [4.69, 9.17) is 5.26 Å². The lowest BCUT2D eigenvalue weighted by atomic mass is 10.3. The molecule has 1 fully saturated rings. The van der Waals surface area contributed by atoms with Crippen LogP contribution in [-0.2, 0) is 0 Å². The first-order valence-corrected chi connectivity index (χ1v) is 7.16. The molecule has 1 aromatic rings. The molecule has 0 unspecified atom stereocenters. The topological polar surface area (TPSA) is 47.3 Å². The molecule has 0 aromatic carbocycles. The lowest BCUT2D eigenvalue weighted by molar-refractivity contribution is 0.0762. The Bertz CT molecular complexity index is 424. The number of amides is 1. The molecule has 0 saturated carbocycles. The summed E-state index contributed by atoms with van der Waals surface area (Å²) in [7, 11) is 0. The molecule has 0 spiro atoms. The summed E-state index contributed by atoms with van der Waals surface area (Å²) in [6, 6.07) is 4.05. The summed E-state index contributed by atoms with van der Waals surface area (Å²) >= 11 is 1.55. The maximum atomic E-state index is 12.2. The molecule has 0 N–H and O–H groups in total. The Balaban J connectivity index is 1.89. The largest absolute Gasteiger partial charge is 0.337 e. The van der Waals surface area contributed by atoms with Gasteiger partial charge in [-0.05, 0) is 24.4 Å². The highest BCUT2D eigenvalue weighted by atomic mass is 32.1. The molecular formula is C13H17N3OS. The van der Waals surface area contributed by atoms with E-state index in [1.807, 2.05) is 21.7 Å². The summed E-state index contributed by atoms with van der Waals surface area (Å²) in [5.74, 6) is 0.137. The first-order chi connectivity index (χ1) is 8.81. The third kappa shape index (κ3) is 3.31. The van der Waals surface area contributed by atoms with E-state index in [1.165, 1.54) is 0 Å². The highest BCUT2D eigenvalue weighted by Gasteiger charge is 2.20. The van der Waals surface area contributed by atoms with Gasteiger partial charge in [-0.15, -0.1) is 0 Å². The Hall–Kier alpha value is -1.38. The first-order valence-electron chi connectivity index (χ1n) is 6.22. The molecule has 2 rings (SSSR count). The van der Waals surface area contributed by atoms with Crippen molar-refractivity contribution in [3.05, 3.63) is 22.4 Å². The zero-order valence-electron chi connectivity index (χ0n) is 10.3. The molecule has 5 heteroatoms. The fourth-order valence-corrected chi connectivity index (χ4v) is 2.80. The van der Waals surface area contributed by atoms with Crippen LogP contribution in [0, 0.1) is 11.3 Å². The second-order valence-electron chi connectivity index (χ2n) is 4.41. The van der Waals surface area contributed by atoms with Crippen LogP contribution in [-0.4, -0.2) is 48.4 Å². The van der Waals surface area contributed by atoms with Gasteiger partial charge in [-0.2, -0.15) is 16.6 Å². The number of hydrogen-bond donors (Lipinski definition) is 0. The molecule has 0 aliphatic carbocycles. The molecule has 18 heavy (non-hydrogen) atoms. The molecule has 1 aliphatic rings. The lowest BCUT2D eigenvalue weighted by Crippen LogP contribution is -2.35. The summed E-state index contributed by atoms with van der Waals surface area (Å²) in [6.07, 6.45) is 1.56. The Morgan fingerprint density at radius 3 is 3.00 bits per heavy atom. The summed E-state index contributed by atoms with van der Waals surface area (Å²) in [5.41, 5.74) is 0.797. The lowest BCUT2D eigenvalue weighted by Gasteiger charge is -2.21. The standard InChI is InChI=1S/C13H17N3OS/c14-4-1-5-15-6-2-7-16(9-8-15)13(17)12-3-10-18-11-12/h3,10-11H,1-2,5-9H2. The van der Waals surface area contributed by atoms with Crippen molar-refractivity contribution in [3.8, 4) is 6.07 Å². The highest BCUT2D eigenvalue weighted by Crippen LogP contribution is 2.12. The van der Waals surface area contributed by atoms with Gasteiger partial charge < -0.3 is 9.80 Å². The number of thiophene rings is 1. The van der Waals surface area contributed by atoms with Gasteiger partial charge in [0.25, 0.3) is 5.91 Å². The Morgan fingerprint density at radius 2 is 2.28 bits per heavy atom. The third-order valence-electron chi connectivity index (χ3n) is 3.18. The number of rotatable bonds is 3. The zero-order valence-corrected chi connectivity index (χ0v) is 11.2. The van der Waals surface area contributed by atoms with Crippen molar-refractivity contribution in [2.45, 2.75) is 12.8 Å². The van der Waals surface area contributed by atoms with Gasteiger partial charge in [0.05, 0.1) is 11.6 Å². The van der Waals surface area contributed by atoms with Crippen molar-refractivity contribution in [2.24, 2.45) is 0 Å². The third-order valence-corrected chi connectivity index (χ3v) is 3.87. The molecule has 1 aliphatic heterocycles. The molecule has 0 radical (unpaired) electrons. The van der Waals surface area contributed by atoms with Crippen LogP contribution < -0.4 is 0 Å². The summed E-state index contributed by atoms with van der Waals surface area (Å²) in [5, 5.41) is 12.4. The Labute approximate surface area is 111 Å². The minimum absolute atomic E-state index is 0.137. The van der Waals surface area contributed by atoms with Crippen molar-refractivity contribution in [1.82, 2.24) is 9.80 Å². The van der Waals surface area contributed by atoms with E-state index >= 15 is 0 Å². The quantitative estimate of drug-likeness (QED) is 0.835. The Morgan fingerprint density at radius 1 is 1.39 bits per heavy atom.